The average Bonchev–Trinajstić information content (AvgIpc) is 2.80. The van der Waals surface area contributed by atoms with E-state index in [1.54, 1.807) is 0 Å². The van der Waals surface area contributed by atoms with Gasteiger partial charge in [-0.15, -0.1) is 0 Å². The number of benzene rings is 1. The van der Waals surface area contributed by atoms with E-state index < -0.39 is 0 Å². The molecule has 0 radical (unpaired) electrons. The van der Waals surface area contributed by atoms with Crippen molar-refractivity contribution in [2.24, 2.45) is 0 Å². The number of nitrogens with zero attached hydrogens (tertiary/aromatic N) is 1. The molecule has 2 rings (SSSR count). The van der Waals surface area contributed by atoms with Crippen LogP contribution in [0.15, 0.2) is 24.3 Å². The van der Waals surface area contributed by atoms with Gasteiger partial charge >= 0.3 is 0 Å². The summed E-state index contributed by atoms with van der Waals surface area (Å²) in [7, 11) is 4.04. The first-order valence-corrected chi connectivity index (χ1v) is 6.90. The highest BCUT2D eigenvalue weighted by Gasteiger charge is 2.25. The van der Waals surface area contributed by atoms with Crippen molar-refractivity contribution in [2.45, 2.75) is 31.6 Å². The molecule has 0 spiro atoms. The molecule has 3 nitrogen and oxygen atoms in total. The van der Waals surface area contributed by atoms with Crippen LogP contribution in [-0.4, -0.2) is 44.3 Å². The van der Waals surface area contributed by atoms with Gasteiger partial charge in [-0.05, 0) is 44.6 Å². The van der Waals surface area contributed by atoms with Crippen molar-refractivity contribution in [3.63, 3.8) is 0 Å². The third-order valence-electron chi connectivity index (χ3n) is 3.51. The van der Waals surface area contributed by atoms with Gasteiger partial charge in [0.15, 0.2) is 0 Å². The number of rotatable bonds is 6. The Labute approximate surface area is 114 Å². The molecule has 1 fully saturated rings. The number of halogens is 1. The molecule has 0 aromatic heterocycles. The molecule has 4 heteroatoms. The quantitative estimate of drug-likeness (QED) is 0.852. The molecule has 1 aliphatic heterocycles. The normalized spacial score (nSPS) is 23.2. The van der Waals surface area contributed by atoms with Crippen LogP contribution >= 0.6 is 0 Å². The van der Waals surface area contributed by atoms with Crippen molar-refractivity contribution < 1.29 is 9.13 Å². The number of likely N-dealkylation sites (N-methyl/N-ethyl adjacent to an activating group) is 2. The number of hydrogen-bond donors (Lipinski definition) is 1. The van der Waals surface area contributed by atoms with Gasteiger partial charge in [0.2, 0.25) is 0 Å². The Morgan fingerprint density at radius 3 is 2.63 bits per heavy atom. The maximum absolute atomic E-state index is 12.8. The Morgan fingerprint density at radius 1 is 1.26 bits per heavy atom. The monoisotopic (exact) mass is 266 g/mol. The summed E-state index contributed by atoms with van der Waals surface area (Å²) in [5.74, 6) is -0.180. The van der Waals surface area contributed by atoms with Crippen LogP contribution in [0.2, 0.25) is 0 Å². The van der Waals surface area contributed by atoms with Gasteiger partial charge in [-0.2, -0.15) is 0 Å². The average molecular weight is 266 g/mol. The SMILES string of the molecule is CNCC1CCC(CN(C)Cc2ccc(F)cc2)O1. The van der Waals surface area contributed by atoms with E-state index in [1.807, 2.05) is 19.2 Å². The largest absolute Gasteiger partial charge is 0.372 e. The molecule has 2 unspecified atom stereocenters. The van der Waals surface area contributed by atoms with Crippen LogP contribution in [0.3, 0.4) is 0 Å². The van der Waals surface area contributed by atoms with Crippen LogP contribution in [-0.2, 0) is 11.3 Å². The lowest BCUT2D eigenvalue weighted by Crippen LogP contribution is -2.30. The predicted molar refractivity (Wildman–Crippen MR) is 74.6 cm³/mol. The standard InChI is InChI=1S/C15H23FN2O/c1-17-9-14-7-8-15(19-14)11-18(2)10-12-3-5-13(16)6-4-12/h3-6,14-15,17H,7-11H2,1-2H3. The van der Waals surface area contributed by atoms with Crippen LogP contribution in [0.25, 0.3) is 0 Å². The van der Waals surface area contributed by atoms with E-state index >= 15 is 0 Å². The zero-order chi connectivity index (χ0) is 13.7. The van der Waals surface area contributed by atoms with E-state index in [9.17, 15) is 4.39 Å². The lowest BCUT2D eigenvalue weighted by atomic mass is 10.1. The summed E-state index contributed by atoms with van der Waals surface area (Å²) in [5, 5.41) is 3.15. The molecule has 1 saturated heterocycles. The van der Waals surface area contributed by atoms with Crippen LogP contribution in [0.1, 0.15) is 18.4 Å². The molecular weight excluding hydrogens is 243 g/mol. The maximum Gasteiger partial charge on any atom is 0.123 e. The van der Waals surface area contributed by atoms with Crippen LogP contribution < -0.4 is 5.32 Å². The Hall–Kier alpha value is -0.970. The third-order valence-corrected chi connectivity index (χ3v) is 3.51. The molecule has 1 aromatic rings. The summed E-state index contributed by atoms with van der Waals surface area (Å²) < 4.78 is 18.8. The molecule has 19 heavy (non-hydrogen) atoms. The smallest absolute Gasteiger partial charge is 0.123 e. The first-order chi connectivity index (χ1) is 9.17. The van der Waals surface area contributed by atoms with Crippen LogP contribution in [0, 0.1) is 5.82 Å². The molecule has 106 valence electrons. The second-order valence-electron chi connectivity index (χ2n) is 5.34. The second kappa shape index (κ2) is 6.98. The Balaban J connectivity index is 1.75. The van der Waals surface area contributed by atoms with E-state index in [0.29, 0.717) is 12.2 Å². The van der Waals surface area contributed by atoms with Gasteiger partial charge in [0.1, 0.15) is 5.82 Å². The molecule has 0 aliphatic carbocycles. The summed E-state index contributed by atoms with van der Waals surface area (Å²) in [6, 6.07) is 6.70. The van der Waals surface area contributed by atoms with Gasteiger partial charge in [-0.3, -0.25) is 4.90 Å². The van der Waals surface area contributed by atoms with E-state index in [1.165, 1.54) is 12.1 Å². The highest BCUT2D eigenvalue weighted by atomic mass is 19.1. The van der Waals surface area contributed by atoms with Crippen molar-refractivity contribution >= 4 is 0 Å². The first kappa shape index (κ1) is 14.4. The fourth-order valence-electron chi connectivity index (χ4n) is 2.61. The minimum atomic E-state index is -0.180. The number of nitrogens with one attached hydrogen (secondary N) is 1. The minimum Gasteiger partial charge on any atom is -0.372 e. The number of hydrogen-bond acceptors (Lipinski definition) is 3. The van der Waals surface area contributed by atoms with Crippen molar-refractivity contribution in [3.05, 3.63) is 35.6 Å². The molecule has 0 saturated carbocycles. The lowest BCUT2D eigenvalue weighted by molar-refractivity contribution is 0.0276. The van der Waals surface area contributed by atoms with Gasteiger partial charge in [0.25, 0.3) is 0 Å². The van der Waals surface area contributed by atoms with Crippen molar-refractivity contribution in [1.29, 1.82) is 0 Å². The molecule has 0 bridgehead atoms. The molecule has 1 heterocycles. The highest BCUT2D eigenvalue weighted by molar-refractivity contribution is 5.15. The zero-order valence-corrected chi connectivity index (χ0v) is 11.7. The summed E-state index contributed by atoms with van der Waals surface area (Å²) >= 11 is 0. The molecule has 1 aliphatic rings. The van der Waals surface area contributed by atoms with E-state index in [0.717, 1.165) is 38.0 Å². The fraction of sp³-hybridized carbons (Fsp3) is 0.600. The van der Waals surface area contributed by atoms with Crippen LogP contribution in [0.4, 0.5) is 4.39 Å². The van der Waals surface area contributed by atoms with Crippen molar-refractivity contribution in [3.8, 4) is 0 Å². The Kier molecular flexibility index (Phi) is 5.31. The highest BCUT2D eigenvalue weighted by Crippen LogP contribution is 2.20. The van der Waals surface area contributed by atoms with Gasteiger partial charge < -0.3 is 10.1 Å². The van der Waals surface area contributed by atoms with E-state index in [4.69, 9.17) is 4.74 Å². The second-order valence-corrected chi connectivity index (χ2v) is 5.34. The summed E-state index contributed by atoms with van der Waals surface area (Å²) in [6.07, 6.45) is 2.94. The molecule has 1 aromatic carbocycles. The third kappa shape index (κ3) is 4.56. The van der Waals surface area contributed by atoms with E-state index in [2.05, 4.69) is 17.3 Å². The van der Waals surface area contributed by atoms with Crippen molar-refractivity contribution in [1.82, 2.24) is 10.2 Å². The number of ether oxygens (including phenoxy) is 1. The van der Waals surface area contributed by atoms with Gasteiger partial charge in [-0.1, -0.05) is 12.1 Å². The van der Waals surface area contributed by atoms with Gasteiger partial charge in [-0.25, -0.2) is 4.39 Å². The maximum atomic E-state index is 12.8. The van der Waals surface area contributed by atoms with Crippen molar-refractivity contribution in [2.75, 3.05) is 27.2 Å². The zero-order valence-electron chi connectivity index (χ0n) is 11.7. The lowest BCUT2D eigenvalue weighted by Gasteiger charge is -2.21. The molecule has 1 N–H and O–H groups in total. The summed E-state index contributed by atoms with van der Waals surface area (Å²) in [6.45, 7) is 2.69. The molecular formula is C15H23FN2O. The molecule has 0 amide bonds. The Morgan fingerprint density at radius 2 is 1.95 bits per heavy atom. The van der Waals surface area contributed by atoms with Gasteiger partial charge in [0.05, 0.1) is 12.2 Å². The summed E-state index contributed by atoms with van der Waals surface area (Å²) in [5.41, 5.74) is 1.13. The first-order valence-electron chi connectivity index (χ1n) is 6.90. The predicted octanol–water partition coefficient (Wildman–Crippen LogP) is 2.02. The summed E-state index contributed by atoms with van der Waals surface area (Å²) in [4.78, 5) is 2.24. The topological polar surface area (TPSA) is 24.5 Å². The fourth-order valence-corrected chi connectivity index (χ4v) is 2.61. The minimum absolute atomic E-state index is 0.180. The van der Waals surface area contributed by atoms with Crippen LogP contribution in [0.5, 0.6) is 0 Å². The van der Waals surface area contributed by atoms with Gasteiger partial charge in [0, 0.05) is 19.6 Å². The Bertz CT molecular complexity index is 382. The molecule has 2 atom stereocenters. The van der Waals surface area contributed by atoms with E-state index in [-0.39, 0.29) is 5.82 Å².